The monoisotopic (exact) mass is 423 g/mol. The van der Waals surface area contributed by atoms with Crippen LogP contribution < -0.4 is 10.6 Å². The molecule has 0 spiro atoms. The molecule has 1 aromatic carbocycles. The Kier molecular flexibility index (Phi) is 5.56. The molecule has 2 aromatic rings. The van der Waals surface area contributed by atoms with E-state index in [4.69, 9.17) is 0 Å². The summed E-state index contributed by atoms with van der Waals surface area (Å²) in [4.78, 5) is 40.1. The van der Waals surface area contributed by atoms with E-state index in [9.17, 15) is 14.4 Å². The number of rotatable bonds is 5. The van der Waals surface area contributed by atoms with E-state index in [1.54, 1.807) is 14.0 Å². The number of benzene rings is 1. The Balaban J connectivity index is 1.49. The number of nitrogens with one attached hydrogen (secondary N) is 2. The van der Waals surface area contributed by atoms with E-state index >= 15 is 0 Å². The molecule has 31 heavy (non-hydrogen) atoms. The van der Waals surface area contributed by atoms with Crippen molar-refractivity contribution < 1.29 is 14.4 Å². The first-order valence-corrected chi connectivity index (χ1v) is 10.8. The molecule has 1 aliphatic carbocycles. The van der Waals surface area contributed by atoms with Crippen LogP contribution in [0.25, 0.3) is 0 Å². The Bertz CT molecular complexity index is 1010. The normalized spacial score (nSPS) is 21.1. The standard InChI is InChI=1S/C23H29N5O3/c1-15-8-10-16(11-9-15)13-24-22(31)23(2)14-28-19(21(30)27(23)3)12-18(26-28)20(29)25-17-6-4-5-7-17/h8-12,17H,4-7,13-14H2,1-3H3,(H,24,31)(H,25,29)/t23-/m1/s1. The van der Waals surface area contributed by atoms with Crippen molar-refractivity contribution in [3.8, 4) is 0 Å². The molecule has 0 radical (unpaired) electrons. The summed E-state index contributed by atoms with van der Waals surface area (Å²) in [5.74, 6) is -0.858. The highest BCUT2D eigenvalue weighted by atomic mass is 16.2. The molecule has 1 fully saturated rings. The van der Waals surface area contributed by atoms with Gasteiger partial charge < -0.3 is 15.5 Å². The number of carbonyl (C=O) groups excluding carboxylic acids is 3. The first-order valence-electron chi connectivity index (χ1n) is 10.8. The van der Waals surface area contributed by atoms with Crippen molar-refractivity contribution in [2.24, 2.45) is 0 Å². The molecule has 1 saturated carbocycles. The highest BCUT2D eigenvalue weighted by molar-refractivity contribution is 6.01. The van der Waals surface area contributed by atoms with E-state index in [-0.39, 0.29) is 36.0 Å². The summed E-state index contributed by atoms with van der Waals surface area (Å²) >= 11 is 0. The van der Waals surface area contributed by atoms with Gasteiger partial charge in [-0.25, -0.2) is 0 Å². The Hall–Kier alpha value is -3.16. The summed E-state index contributed by atoms with van der Waals surface area (Å²) in [5.41, 5.74) is 1.56. The largest absolute Gasteiger partial charge is 0.350 e. The van der Waals surface area contributed by atoms with Gasteiger partial charge in [-0.1, -0.05) is 42.7 Å². The minimum Gasteiger partial charge on any atom is -0.350 e. The molecule has 2 aliphatic rings. The van der Waals surface area contributed by atoms with Crippen LogP contribution in [-0.2, 0) is 17.9 Å². The topological polar surface area (TPSA) is 96.3 Å². The zero-order valence-corrected chi connectivity index (χ0v) is 18.3. The molecular formula is C23H29N5O3. The lowest BCUT2D eigenvalue weighted by molar-refractivity contribution is -0.132. The summed E-state index contributed by atoms with van der Waals surface area (Å²) in [6.07, 6.45) is 4.17. The number of fused-ring (bicyclic) bond motifs is 1. The van der Waals surface area contributed by atoms with Gasteiger partial charge in [-0.05, 0) is 32.3 Å². The van der Waals surface area contributed by atoms with Crippen molar-refractivity contribution in [1.82, 2.24) is 25.3 Å². The van der Waals surface area contributed by atoms with Crippen molar-refractivity contribution in [3.63, 3.8) is 0 Å². The van der Waals surface area contributed by atoms with Gasteiger partial charge in [0.1, 0.15) is 11.2 Å². The second kappa shape index (κ2) is 8.17. The molecule has 2 N–H and O–H groups in total. The predicted molar refractivity (Wildman–Crippen MR) is 115 cm³/mol. The van der Waals surface area contributed by atoms with Crippen molar-refractivity contribution in [1.29, 1.82) is 0 Å². The molecule has 1 aliphatic heterocycles. The number of aryl methyl sites for hydroxylation is 1. The van der Waals surface area contributed by atoms with E-state index in [0.717, 1.165) is 36.8 Å². The van der Waals surface area contributed by atoms with Gasteiger partial charge in [-0.15, -0.1) is 0 Å². The van der Waals surface area contributed by atoms with Gasteiger partial charge in [0.15, 0.2) is 5.69 Å². The molecule has 0 bridgehead atoms. The van der Waals surface area contributed by atoms with Gasteiger partial charge in [-0.3, -0.25) is 19.1 Å². The van der Waals surface area contributed by atoms with Crippen LogP contribution in [0.1, 0.15) is 64.7 Å². The molecular weight excluding hydrogens is 394 g/mol. The van der Waals surface area contributed by atoms with Gasteiger partial charge in [0.05, 0.1) is 6.54 Å². The fourth-order valence-corrected chi connectivity index (χ4v) is 4.25. The number of carbonyl (C=O) groups is 3. The molecule has 2 heterocycles. The van der Waals surface area contributed by atoms with Crippen LogP contribution in [0.15, 0.2) is 30.3 Å². The quantitative estimate of drug-likeness (QED) is 0.769. The van der Waals surface area contributed by atoms with Crippen LogP contribution in [0.2, 0.25) is 0 Å². The smallest absolute Gasteiger partial charge is 0.272 e. The molecule has 1 aromatic heterocycles. The first kappa shape index (κ1) is 21.1. The van der Waals surface area contributed by atoms with Crippen LogP contribution in [0, 0.1) is 6.92 Å². The zero-order valence-electron chi connectivity index (χ0n) is 18.3. The van der Waals surface area contributed by atoms with Crippen LogP contribution in [0.3, 0.4) is 0 Å². The van der Waals surface area contributed by atoms with Gasteiger partial charge >= 0.3 is 0 Å². The van der Waals surface area contributed by atoms with Crippen molar-refractivity contribution >= 4 is 17.7 Å². The van der Waals surface area contributed by atoms with Gasteiger partial charge in [0, 0.05) is 25.7 Å². The van der Waals surface area contributed by atoms with E-state index in [1.165, 1.54) is 15.6 Å². The molecule has 3 amide bonds. The van der Waals surface area contributed by atoms with E-state index < -0.39 is 5.54 Å². The van der Waals surface area contributed by atoms with Gasteiger partial charge in [0.2, 0.25) is 5.91 Å². The van der Waals surface area contributed by atoms with Crippen LogP contribution in [0.4, 0.5) is 0 Å². The van der Waals surface area contributed by atoms with E-state index in [2.05, 4.69) is 15.7 Å². The summed E-state index contributed by atoms with van der Waals surface area (Å²) < 4.78 is 1.48. The third kappa shape index (κ3) is 4.06. The molecule has 8 heteroatoms. The Morgan fingerprint density at radius 3 is 2.55 bits per heavy atom. The Morgan fingerprint density at radius 2 is 1.87 bits per heavy atom. The lowest BCUT2D eigenvalue weighted by Crippen LogP contribution is -2.62. The maximum atomic E-state index is 13.1. The fourth-order valence-electron chi connectivity index (χ4n) is 4.25. The number of likely N-dealkylation sites (N-methyl/N-ethyl adjacent to an activating group) is 1. The number of hydrogen-bond acceptors (Lipinski definition) is 4. The lowest BCUT2D eigenvalue weighted by Gasteiger charge is -2.40. The van der Waals surface area contributed by atoms with E-state index in [1.807, 2.05) is 31.2 Å². The molecule has 0 unspecified atom stereocenters. The minimum absolute atomic E-state index is 0.169. The highest BCUT2D eigenvalue weighted by Gasteiger charge is 2.46. The number of amides is 3. The summed E-state index contributed by atoms with van der Waals surface area (Å²) in [5, 5.41) is 10.3. The summed E-state index contributed by atoms with van der Waals surface area (Å²) in [7, 11) is 1.61. The van der Waals surface area contributed by atoms with Crippen molar-refractivity contribution in [3.05, 3.63) is 52.8 Å². The Labute approximate surface area is 182 Å². The Morgan fingerprint density at radius 1 is 1.19 bits per heavy atom. The third-order valence-corrected chi connectivity index (χ3v) is 6.49. The molecule has 0 saturated heterocycles. The maximum Gasteiger partial charge on any atom is 0.272 e. The molecule has 4 rings (SSSR count). The lowest BCUT2D eigenvalue weighted by atomic mass is 9.95. The summed E-state index contributed by atoms with van der Waals surface area (Å²) in [6, 6.07) is 9.61. The maximum absolute atomic E-state index is 13.1. The predicted octanol–water partition coefficient (Wildman–Crippen LogP) is 2.02. The average Bonchev–Trinajstić information content (AvgIpc) is 3.41. The van der Waals surface area contributed by atoms with Crippen molar-refractivity contribution in [2.75, 3.05) is 7.05 Å². The van der Waals surface area contributed by atoms with E-state index in [0.29, 0.717) is 12.2 Å². The highest BCUT2D eigenvalue weighted by Crippen LogP contribution is 2.26. The second-order valence-electron chi connectivity index (χ2n) is 8.83. The third-order valence-electron chi connectivity index (χ3n) is 6.49. The van der Waals surface area contributed by atoms with Crippen LogP contribution in [0.5, 0.6) is 0 Å². The first-order chi connectivity index (χ1) is 14.8. The molecule has 164 valence electrons. The zero-order chi connectivity index (χ0) is 22.2. The SMILES string of the molecule is Cc1ccc(CNC(=O)[C@@]2(C)Cn3nc(C(=O)NC4CCCC4)cc3C(=O)N2C)cc1. The number of nitrogens with zero attached hydrogens (tertiary/aromatic N) is 3. The molecule has 1 atom stereocenters. The minimum atomic E-state index is -1.11. The van der Waals surface area contributed by atoms with Gasteiger partial charge in [0.25, 0.3) is 11.8 Å². The number of hydrogen-bond donors (Lipinski definition) is 2. The average molecular weight is 424 g/mol. The fraction of sp³-hybridized carbons (Fsp3) is 0.478. The number of aromatic nitrogens is 2. The van der Waals surface area contributed by atoms with Gasteiger partial charge in [-0.2, -0.15) is 5.10 Å². The summed E-state index contributed by atoms with van der Waals surface area (Å²) in [6.45, 7) is 4.28. The van der Waals surface area contributed by atoms with Crippen LogP contribution in [-0.4, -0.2) is 51.0 Å². The second-order valence-corrected chi connectivity index (χ2v) is 8.83. The molecule has 8 nitrogen and oxygen atoms in total. The van der Waals surface area contributed by atoms with Crippen LogP contribution >= 0.6 is 0 Å². The van der Waals surface area contributed by atoms with Crippen molar-refractivity contribution in [2.45, 2.75) is 64.2 Å².